The van der Waals surface area contributed by atoms with Crippen LogP contribution in [0.3, 0.4) is 0 Å². The molecule has 1 amide bonds. The van der Waals surface area contributed by atoms with Crippen molar-refractivity contribution in [3.8, 4) is 0 Å². The summed E-state index contributed by atoms with van der Waals surface area (Å²) in [4.78, 5) is 14.0. The summed E-state index contributed by atoms with van der Waals surface area (Å²) < 4.78 is 27.4. The monoisotopic (exact) mass is 336 g/mol. The van der Waals surface area contributed by atoms with Crippen molar-refractivity contribution < 1.29 is 13.2 Å². The second kappa shape index (κ2) is 8.08. The SMILES string of the molecule is C=CCN(CC=C)C(=O)C(C)NS(=O)(=O)c1ccc(C)cc1C. The zero-order valence-corrected chi connectivity index (χ0v) is 14.7. The van der Waals surface area contributed by atoms with E-state index in [1.165, 1.54) is 11.8 Å². The van der Waals surface area contributed by atoms with Crippen LogP contribution >= 0.6 is 0 Å². The van der Waals surface area contributed by atoms with E-state index in [1.807, 2.05) is 6.92 Å². The summed E-state index contributed by atoms with van der Waals surface area (Å²) in [5, 5.41) is 0. The molecule has 1 atom stereocenters. The Bertz CT molecular complexity index is 686. The highest BCUT2D eigenvalue weighted by Crippen LogP contribution is 2.17. The number of rotatable bonds is 8. The van der Waals surface area contributed by atoms with Crippen LogP contribution in [0.1, 0.15) is 18.1 Å². The van der Waals surface area contributed by atoms with Crippen molar-refractivity contribution in [1.29, 1.82) is 0 Å². The molecule has 0 saturated carbocycles. The predicted octanol–water partition coefficient (Wildman–Crippen LogP) is 2.17. The number of carbonyl (C=O) groups is 1. The molecule has 1 N–H and O–H groups in total. The van der Waals surface area contributed by atoms with Crippen molar-refractivity contribution in [2.45, 2.75) is 31.7 Å². The summed E-state index contributed by atoms with van der Waals surface area (Å²) in [5.74, 6) is -0.321. The summed E-state index contributed by atoms with van der Waals surface area (Å²) >= 11 is 0. The summed E-state index contributed by atoms with van der Waals surface area (Å²) in [6.07, 6.45) is 3.18. The van der Waals surface area contributed by atoms with Crippen molar-refractivity contribution >= 4 is 15.9 Å². The molecule has 1 aromatic rings. The standard InChI is InChI=1S/C17H24N2O3S/c1-6-10-19(11-7-2)17(20)15(5)18-23(21,22)16-9-8-13(3)12-14(16)4/h6-9,12,15,18H,1-2,10-11H2,3-5H3. The van der Waals surface area contributed by atoms with E-state index in [0.717, 1.165) is 5.56 Å². The maximum atomic E-state index is 12.5. The Hall–Kier alpha value is -1.92. The fraction of sp³-hybridized carbons (Fsp3) is 0.353. The number of hydrogen-bond donors (Lipinski definition) is 1. The molecule has 0 fully saturated rings. The van der Waals surface area contributed by atoms with E-state index < -0.39 is 16.1 Å². The van der Waals surface area contributed by atoms with Crippen molar-refractivity contribution in [2.75, 3.05) is 13.1 Å². The second-order valence-corrected chi connectivity index (χ2v) is 7.11. The average Bonchev–Trinajstić information content (AvgIpc) is 2.45. The molecule has 0 aliphatic rings. The van der Waals surface area contributed by atoms with Crippen LogP contribution in [-0.2, 0) is 14.8 Å². The van der Waals surface area contributed by atoms with Gasteiger partial charge in [0.05, 0.1) is 10.9 Å². The predicted molar refractivity (Wildman–Crippen MR) is 92.7 cm³/mol. The highest BCUT2D eigenvalue weighted by molar-refractivity contribution is 7.89. The van der Waals surface area contributed by atoms with Gasteiger partial charge in [-0.2, -0.15) is 4.72 Å². The molecule has 0 aliphatic carbocycles. The van der Waals surface area contributed by atoms with Gasteiger partial charge in [0.25, 0.3) is 0 Å². The Morgan fingerprint density at radius 2 is 1.83 bits per heavy atom. The normalized spacial score (nSPS) is 12.5. The number of sulfonamides is 1. The lowest BCUT2D eigenvalue weighted by atomic mass is 10.2. The number of benzene rings is 1. The fourth-order valence-corrected chi connectivity index (χ4v) is 3.71. The molecule has 0 saturated heterocycles. The van der Waals surface area contributed by atoms with Gasteiger partial charge < -0.3 is 4.90 Å². The third-order valence-electron chi connectivity index (χ3n) is 3.33. The van der Waals surface area contributed by atoms with Gasteiger partial charge in [-0.25, -0.2) is 8.42 Å². The first-order valence-corrected chi connectivity index (χ1v) is 8.81. The van der Waals surface area contributed by atoms with E-state index in [4.69, 9.17) is 0 Å². The number of aryl methyl sites for hydroxylation is 2. The topological polar surface area (TPSA) is 66.5 Å². The molecule has 6 heteroatoms. The van der Waals surface area contributed by atoms with Gasteiger partial charge in [-0.1, -0.05) is 29.8 Å². The van der Waals surface area contributed by atoms with Crippen LogP contribution in [0.25, 0.3) is 0 Å². The minimum absolute atomic E-state index is 0.182. The van der Waals surface area contributed by atoms with Crippen molar-refractivity contribution in [2.24, 2.45) is 0 Å². The van der Waals surface area contributed by atoms with Gasteiger partial charge in [-0.15, -0.1) is 13.2 Å². The molecule has 1 rings (SSSR count). The minimum atomic E-state index is -3.76. The molecule has 1 unspecified atom stereocenters. The lowest BCUT2D eigenvalue weighted by Gasteiger charge is -2.24. The van der Waals surface area contributed by atoms with Gasteiger partial charge >= 0.3 is 0 Å². The third-order valence-corrected chi connectivity index (χ3v) is 5.03. The first kappa shape index (κ1) is 19.1. The molecule has 0 bridgehead atoms. The number of amides is 1. The van der Waals surface area contributed by atoms with Crippen molar-refractivity contribution in [1.82, 2.24) is 9.62 Å². The van der Waals surface area contributed by atoms with E-state index in [1.54, 1.807) is 37.3 Å². The van der Waals surface area contributed by atoms with E-state index in [-0.39, 0.29) is 10.8 Å². The van der Waals surface area contributed by atoms with E-state index in [0.29, 0.717) is 18.7 Å². The van der Waals surface area contributed by atoms with Gasteiger partial charge in [0.1, 0.15) is 0 Å². The number of nitrogens with one attached hydrogen (secondary N) is 1. The van der Waals surface area contributed by atoms with E-state index in [2.05, 4.69) is 17.9 Å². The molecule has 23 heavy (non-hydrogen) atoms. The highest BCUT2D eigenvalue weighted by atomic mass is 32.2. The quantitative estimate of drug-likeness (QED) is 0.740. The minimum Gasteiger partial charge on any atom is -0.334 e. The molecular weight excluding hydrogens is 312 g/mol. The van der Waals surface area contributed by atoms with E-state index in [9.17, 15) is 13.2 Å². The number of nitrogens with zero attached hydrogens (tertiary/aromatic N) is 1. The maximum Gasteiger partial charge on any atom is 0.241 e. The van der Waals surface area contributed by atoms with Crippen molar-refractivity contribution in [3.63, 3.8) is 0 Å². The van der Waals surface area contributed by atoms with Gasteiger partial charge in [-0.05, 0) is 32.4 Å². The summed E-state index contributed by atoms with van der Waals surface area (Å²) in [5.41, 5.74) is 1.62. The van der Waals surface area contributed by atoms with Gasteiger partial charge in [0.15, 0.2) is 0 Å². The Balaban J connectivity index is 2.97. The smallest absolute Gasteiger partial charge is 0.241 e. The number of hydrogen-bond acceptors (Lipinski definition) is 3. The van der Waals surface area contributed by atoms with Crippen LogP contribution in [0.2, 0.25) is 0 Å². The fourth-order valence-electron chi connectivity index (χ4n) is 2.29. The zero-order chi connectivity index (χ0) is 17.6. The van der Waals surface area contributed by atoms with Crippen LogP contribution in [-0.4, -0.2) is 38.4 Å². The Morgan fingerprint density at radius 1 is 1.26 bits per heavy atom. The van der Waals surface area contributed by atoms with Crippen molar-refractivity contribution in [3.05, 3.63) is 54.6 Å². The first-order chi connectivity index (χ1) is 10.7. The van der Waals surface area contributed by atoms with Crippen LogP contribution in [0.4, 0.5) is 0 Å². The summed E-state index contributed by atoms with van der Waals surface area (Å²) in [6.45, 7) is 13.0. The molecule has 126 valence electrons. The van der Waals surface area contributed by atoms with Gasteiger partial charge in [-0.3, -0.25) is 4.79 Å². The Morgan fingerprint density at radius 3 is 2.30 bits per heavy atom. The van der Waals surface area contributed by atoms with Crippen LogP contribution in [0, 0.1) is 13.8 Å². The Labute approximate surface area is 138 Å². The van der Waals surface area contributed by atoms with Gasteiger partial charge in [0, 0.05) is 13.1 Å². The molecular formula is C17H24N2O3S. The van der Waals surface area contributed by atoms with E-state index >= 15 is 0 Å². The molecule has 0 spiro atoms. The molecule has 5 nitrogen and oxygen atoms in total. The highest BCUT2D eigenvalue weighted by Gasteiger charge is 2.25. The molecule has 1 aromatic carbocycles. The molecule has 0 aliphatic heterocycles. The largest absolute Gasteiger partial charge is 0.334 e. The first-order valence-electron chi connectivity index (χ1n) is 7.33. The summed E-state index contributed by atoms with van der Waals surface area (Å²) in [6, 6.07) is 4.20. The molecule has 0 aromatic heterocycles. The van der Waals surface area contributed by atoms with Crippen LogP contribution in [0.5, 0.6) is 0 Å². The second-order valence-electron chi connectivity index (χ2n) is 5.43. The molecule has 0 radical (unpaired) electrons. The average molecular weight is 336 g/mol. The summed E-state index contributed by atoms with van der Waals surface area (Å²) in [7, 11) is -3.76. The van der Waals surface area contributed by atoms with Crippen LogP contribution in [0.15, 0.2) is 48.4 Å². The molecule has 0 heterocycles. The zero-order valence-electron chi connectivity index (χ0n) is 13.9. The number of carbonyl (C=O) groups excluding carboxylic acids is 1. The lowest BCUT2D eigenvalue weighted by Crippen LogP contribution is -2.47. The van der Waals surface area contributed by atoms with Crippen LogP contribution < -0.4 is 4.72 Å². The third kappa shape index (κ3) is 5.04. The lowest BCUT2D eigenvalue weighted by molar-refractivity contribution is -0.131. The maximum absolute atomic E-state index is 12.5. The Kier molecular flexibility index (Phi) is 6.72. The van der Waals surface area contributed by atoms with Gasteiger partial charge in [0.2, 0.25) is 15.9 Å².